The van der Waals surface area contributed by atoms with Gasteiger partial charge in [-0.05, 0) is 26.3 Å². The van der Waals surface area contributed by atoms with Crippen LogP contribution in [0.3, 0.4) is 0 Å². The highest BCUT2D eigenvalue weighted by molar-refractivity contribution is 9.11. The van der Waals surface area contributed by atoms with E-state index < -0.39 is 0 Å². The Bertz CT molecular complexity index is 530. The van der Waals surface area contributed by atoms with E-state index in [1.165, 1.54) is 5.57 Å². The van der Waals surface area contributed by atoms with Gasteiger partial charge in [0, 0.05) is 22.8 Å². The van der Waals surface area contributed by atoms with Gasteiger partial charge in [-0.1, -0.05) is 46.3 Å². The van der Waals surface area contributed by atoms with Crippen molar-refractivity contribution in [3.63, 3.8) is 0 Å². The Labute approximate surface area is 123 Å². The summed E-state index contributed by atoms with van der Waals surface area (Å²) in [5.41, 5.74) is 8.15. The topological polar surface area (TPSA) is 43.8 Å². The molecule has 1 heterocycles. The Morgan fingerprint density at radius 1 is 1.42 bits per heavy atom. The highest BCUT2D eigenvalue weighted by Gasteiger charge is 2.06. The van der Waals surface area contributed by atoms with E-state index in [1.807, 2.05) is 56.0 Å². The lowest BCUT2D eigenvalue weighted by atomic mass is 10.1. The first-order chi connectivity index (χ1) is 9.08. The van der Waals surface area contributed by atoms with Crippen LogP contribution in [-0.4, -0.2) is 9.55 Å². The molecule has 0 radical (unpaired) electrons. The number of imidazole rings is 1. The molecule has 3 nitrogen and oxygen atoms in total. The standard InChI is InChI=1S/C15H20BrN3/c1-4-6-8-13(7-5-2)9-14-10-18-15(17)19(14)11-12(3)16/h4-8,10-11H,9H2,1-3H3,(H2,17,18)/b6-4-,7-5-,12-11+,13-8+. The molecule has 0 aliphatic heterocycles. The fourth-order valence-corrected chi connectivity index (χ4v) is 1.89. The minimum Gasteiger partial charge on any atom is -0.369 e. The Hall–Kier alpha value is -1.55. The predicted molar refractivity (Wildman–Crippen MR) is 86.9 cm³/mol. The van der Waals surface area contributed by atoms with Gasteiger partial charge in [0.05, 0.1) is 6.20 Å². The smallest absolute Gasteiger partial charge is 0.204 e. The van der Waals surface area contributed by atoms with Gasteiger partial charge in [-0.15, -0.1) is 0 Å². The molecular weight excluding hydrogens is 302 g/mol. The zero-order valence-corrected chi connectivity index (χ0v) is 13.2. The molecule has 1 aromatic rings. The largest absolute Gasteiger partial charge is 0.369 e. The first-order valence-electron chi connectivity index (χ1n) is 6.18. The summed E-state index contributed by atoms with van der Waals surface area (Å²) in [5.74, 6) is 0.500. The molecule has 4 heteroatoms. The molecule has 2 N–H and O–H groups in total. The maximum atomic E-state index is 5.87. The van der Waals surface area contributed by atoms with E-state index in [0.717, 1.165) is 16.6 Å². The lowest BCUT2D eigenvalue weighted by Gasteiger charge is -2.06. The Kier molecular flexibility index (Phi) is 6.36. The van der Waals surface area contributed by atoms with E-state index in [4.69, 9.17) is 5.73 Å². The van der Waals surface area contributed by atoms with Crippen LogP contribution in [-0.2, 0) is 6.42 Å². The SMILES string of the molecule is C\C=C/C=C(\C=C/C)Cc1cnc(N)n1/C=C(\C)Br. The third-order valence-electron chi connectivity index (χ3n) is 2.48. The van der Waals surface area contributed by atoms with Gasteiger partial charge in [0.25, 0.3) is 0 Å². The van der Waals surface area contributed by atoms with Crippen molar-refractivity contribution in [3.8, 4) is 0 Å². The second-order valence-corrected chi connectivity index (χ2v) is 5.39. The van der Waals surface area contributed by atoms with Gasteiger partial charge in [-0.2, -0.15) is 0 Å². The Morgan fingerprint density at radius 2 is 2.16 bits per heavy atom. The van der Waals surface area contributed by atoms with Crippen LogP contribution < -0.4 is 5.73 Å². The molecule has 0 aromatic carbocycles. The van der Waals surface area contributed by atoms with Crippen molar-refractivity contribution in [2.24, 2.45) is 0 Å². The lowest BCUT2D eigenvalue weighted by Crippen LogP contribution is -2.01. The summed E-state index contributed by atoms with van der Waals surface area (Å²) in [6, 6.07) is 0. The Balaban J connectivity index is 3.07. The van der Waals surface area contributed by atoms with Crippen molar-refractivity contribution in [3.05, 3.63) is 52.3 Å². The zero-order valence-electron chi connectivity index (χ0n) is 11.6. The zero-order chi connectivity index (χ0) is 14.3. The number of anilines is 1. The molecule has 0 amide bonds. The molecule has 0 unspecified atom stereocenters. The number of nitrogens with two attached hydrogens (primary N) is 1. The van der Waals surface area contributed by atoms with Gasteiger partial charge in [0.1, 0.15) is 0 Å². The summed E-state index contributed by atoms with van der Waals surface area (Å²) in [7, 11) is 0. The van der Waals surface area contributed by atoms with Crippen LogP contribution in [0.1, 0.15) is 26.5 Å². The average molecular weight is 322 g/mol. The quantitative estimate of drug-likeness (QED) is 0.822. The van der Waals surface area contributed by atoms with Crippen LogP contribution in [0.2, 0.25) is 0 Å². The molecule has 19 heavy (non-hydrogen) atoms. The average Bonchev–Trinajstić information content (AvgIpc) is 2.68. The van der Waals surface area contributed by atoms with Gasteiger partial charge >= 0.3 is 0 Å². The molecule has 0 fully saturated rings. The first kappa shape index (κ1) is 15.5. The van der Waals surface area contributed by atoms with Gasteiger partial charge < -0.3 is 5.73 Å². The normalized spacial score (nSPS) is 13.9. The molecule has 0 saturated heterocycles. The number of allylic oxidation sites excluding steroid dienone is 7. The van der Waals surface area contributed by atoms with Crippen LogP contribution in [0.4, 0.5) is 5.95 Å². The Morgan fingerprint density at radius 3 is 2.74 bits per heavy atom. The van der Waals surface area contributed by atoms with E-state index in [1.54, 1.807) is 0 Å². The molecule has 0 bridgehead atoms. The van der Waals surface area contributed by atoms with E-state index in [-0.39, 0.29) is 0 Å². The van der Waals surface area contributed by atoms with Crippen LogP contribution >= 0.6 is 15.9 Å². The van der Waals surface area contributed by atoms with E-state index in [9.17, 15) is 0 Å². The number of halogens is 1. The van der Waals surface area contributed by atoms with Crippen LogP contribution in [0.15, 0.2) is 46.6 Å². The molecule has 0 spiro atoms. The molecule has 1 aromatic heterocycles. The molecule has 0 aliphatic rings. The van der Waals surface area contributed by atoms with Crippen molar-refractivity contribution in [2.45, 2.75) is 27.2 Å². The van der Waals surface area contributed by atoms with Crippen molar-refractivity contribution in [2.75, 3.05) is 5.73 Å². The minimum atomic E-state index is 0.500. The summed E-state index contributed by atoms with van der Waals surface area (Å²) in [6.45, 7) is 5.98. The van der Waals surface area contributed by atoms with Crippen molar-refractivity contribution in [1.29, 1.82) is 0 Å². The van der Waals surface area contributed by atoms with Crippen molar-refractivity contribution >= 4 is 28.1 Å². The molecule has 0 aliphatic carbocycles. The van der Waals surface area contributed by atoms with E-state index in [0.29, 0.717) is 5.95 Å². The van der Waals surface area contributed by atoms with Gasteiger partial charge in [0.2, 0.25) is 5.95 Å². The van der Waals surface area contributed by atoms with Gasteiger partial charge in [-0.3, -0.25) is 4.57 Å². The summed E-state index contributed by atoms with van der Waals surface area (Å²) < 4.78 is 2.90. The first-order valence-corrected chi connectivity index (χ1v) is 6.97. The second-order valence-electron chi connectivity index (χ2n) is 4.14. The third-order valence-corrected chi connectivity index (χ3v) is 2.68. The predicted octanol–water partition coefficient (Wildman–Crippen LogP) is 4.30. The summed E-state index contributed by atoms with van der Waals surface area (Å²) in [5, 5.41) is 0. The fourth-order valence-electron chi connectivity index (χ4n) is 1.69. The van der Waals surface area contributed by atoms with Gasteiger partial charge in [-0.25, -0.2) is 4.98 Å². The molecule has 1 rings (SSSR count). The number of aromatic nitrogens is 2. The lowest BCUT2D eigenvalue weighted by molar-refractivity contribution is 1.01. The summed E-state index contributed by atoms with van der Waals surface area (Å²) in [4.78, 5) is 4.17. The molecular formula is C15H20BrN3. The number of hydrogen-bond acceptors (Lipinski definition) is 2. The second kappa shape index (κ2) is 7.79. The maximum absolute atomic E-state index is 5.87. The van der Waals surface area contributed by atoms with Crippen molar-refractivity contribution < 1.29 is 0 Å². The highest BCUT2D eigenvalue weighted by Crippen LogP contribution is 2.17. The maximum Gasteiger partial charge on any atom is 0.204 e. The van der Waals surface area contributed by atoms with Crippen molar-refractivity contribution in [1.82, 2.24) is 9.55 Å². The van der Waals surface area contributed by atoms with Crippen LogP contribution in [0, 0.1) is 0 Å². The molecule has 102 valence electrons. The number of nitrogen functional groups attached to an aromatic ring is 1. The summed E-state index contributed by atoms with van der Waals surface area (Å²) >= 11 is 3.42. The number of nitrogens with zero attached hydrogens (tertiary/aromatic N) is 2. The highest BCUT2D eigenvalue weighted by atomic mass is 79.9. The van der Waals surface area contributed by atoms with Crippen LogP contribution in [0.25, 0.3) is 6.20 Å². The third kappa shape index (κ3) is 4.91. The monoisotopic (exact) mass is 321 g/mol. The molecule has 0 saturated carbocycles. The van der Waals surface area contributed by atoms with E-state index >= 15 is 0 Å². The van der Waals surface area contributed by atoms with Gasteiger partial charge in [0.15, 0.2) is 0 Å². The molecule has 0 atom stereocenters. The number of hydrogen-bond donors (Lipinski definition) is 1. The fraction of sp³-hybridized carbons (Fsp3) is 0.267. The summed E-state index contributed by atoms with van der Waals surface area (Å²) in [6.07, 6.45) is 14.8. The van der Waals surface area contributed by atoms with Crippen LogP contribution in [0.5, 0.6) is 0 Å². The number of rotatable bonds is 5. The van der Waals surface area contributed by atoms with E-state index in [2.05, 4.69) is 33.1 Å². The minimum absolute atomic E-state index is 0.500.